The van der Waals surface area contributed by atoms with Crippen LogP contribution in [0.5, 0.6) is 0 Å². The van der Waals surface area contributed by atoms with Crippen LogP contribution in [0.4, 0.5) is 5.82 Å². The minimum Gasteiger partial charge on any atom is -0.465 e. The van der Waals surface area contributed by atoms with Gasteiger partial charge in [0.15, 0.2) is 0 Å². The van der Waals surface area contributed by atoms with Gasteiger partial charge in [-0.15, -0.1) is 0 Å². The van der Waals surface area contributed by atoms with E-state index in [9.17, 15) is 4.79 Å². The van der Waals surface area contributed by atoms with Crippen LogP contribution in [-0.4, -0.2) is 64.6 Å². The zero-order valence-corrected chi connectivity index (χ0v) is 20.1. The number of pyridine rings is 1. The van der Waals surface area contributed by atoms with Gasteiger partial charge in [-0.3, -0.25) is 4.98 Å². The molecular formula is C26H32N6O2. The van der Waals surface area contributed by atoms with Gasteiger partial charge in [0, 0.05) is 36.3 Å². The van der Waals surface area contributed by atoms with Gasteiger partial charge >= 0.3 is 5.97 Å². The molecule has 4 aromatic rings. The SMILES string of the molecule is CCCCN(C)CCCNc1nc(Cc2cccnc2)nc2[nH]c3cc(C(=O)OC)ccc3c12. The maximum Gasteiger partial charge on any atom is 0.337 e. The Labute approximate surface area is 199 Å². The second-order valence-corrected chi connectivity index (χ2v) is 8.56. The topological polar surface area (TPSA) is 96.0 Å². The van der Waals surface area contributed by atoms with E-state index in [1.54, 1.807) is 18.3 Å². The third kappa shape index (κ3) is 5.51. The van der Waals surface area contributed by atoms with Gasteiger partial charge in [0.1, 0.15) is 17.3 Å². The number of unbranched alkanes of at least 4 members (excludes halogenated alkanes) is 1. The van der Waals surface area contributed by atoms with Gasteiger partial charge < -0.3 is 19.9 Å². The van der Waals surface area contributed by atoms with Gasteiger partial charge in [-0.25, -0.2) is 14.8 Å². The first-order chi connectivity index (χ1) is 16.6. The van der Waals surface area contributed by atoms with Gasteiger partial charge in [0.05, 0.1) is 18.1 Å². The maximum absolute atomic E-state index is 12.0. The van der Waals surface area contributed by atoms with Crippen LogP contribution in [0.1, 0.15) is 47.9 Å². The lowest BCUT2D eigenvalue weighted by molar-refractivity contribution is 0.0601. The number of hydrogen-bond donors (Lipinski definition) is 2. The Balaban J connectivity index is 1.64. The smallest absolute Gasteiger partial charge is 0.337 e. The Hall–Kier alpha value is -3.52. The summed E-state index contributed by atoms with van der Waals surface area (Å²) in [5.74, 6) is 1.15. The molecule has 0 aliphatic heterocycles. The fourth-order valence-electron chi connectivity index (χ4n) is 4.08. The van der Waals surface area contributed by atoms with Crippen LogP contribution in [-0.2, 0) is 11.2 Å². The molecule has 0 saturated heterocycles. The van der Waals surface area contributed by atoms with Crippen LogP contribution in [0.25, 0.3) is 21.9 Å². The standard InChI is InChI=1S/C26H32N6O2/c1-4-5-13-32(2)14-7-12-28-24-23-20-10-9-19(26(33)34-3)16-21(20)29-25(23)31-22(30-24)15-18-8-6-11-27-17-18/h6,8-11,16-17H,4-5,7,12-15H2,1-3H3,(H2,28,29,30,31). The van der Waals surface area contributed by atoms with E-state index in [1.165, 1.54) is 20.0 Å². The van der Waals surface area contributed by atoms with Gasteiger partial charge in [-0.2, -0.15) is 0 Å². The fourth-order valence-corrected chi connectivity index (χ4v) is 4.08. The summed E-state index contributed by atoms with van der Waals surface area (Å²) in [6.45, 7) is 5.17. The number of esters is 1. The largest absolute Gasteiger partial charge is 0.465 e. The molecule has 0 spiro atoms. The summed E-state index contributed by atoms with van der Waals surface area (Å²) in [5, 5.41) is 5.45. The average molecular weight is 461 g/mol. The molecule has 0 fully saturated rings. The maximum atomic E-state index is 12.0. The number of nitrogens with zero attached hydrogens (tertiary/aromatic N) is 4. The van der Waals surface area contributed by atoms with Crippen molar-refractivity contribution < 1.29 is 9.53 Å². The van der Waals surface area contributed by atoms with Crippen molar-refractivity contribution in [2.24, 2.45) is 0 Å². The highest BCUT2D eigenvalue weighted by Crippen LogP contribution is 2.31. The summed E-state index contributed by atoms with van der Waals surface area (Å²) in [5.41, 5.74) is 3.12. The van der Waals surface area contributed by atoms with Crippen LogP contribution < -0.4 is 5.32 Å². The second-order valence-electron chi connectivity index (χ2n) is 8.56. The Morgan fingerprint density at radius 2 is 2.03 bits per heavy atom. The number of ether oxygens (including phenoxy) is 1. The highest BCUT2D eigenvalue weighted by atomic mass is 16.5. The summed E-state index contributed by atoms with van der Waals surface area (Å²) in [6.07, 6.45) is 7.62. The third-order valence-electron chi connectivity index (χ3n) is 5.91. The molecule has 0 unspecified atom stereocenters. The number of anilines is 1. The lowest BCUT2D eigenvalue weighted by Crippen LogP contribution is -2.22. The summed E-state index contributed by atoms with van der Waals surface area (Å²) in [4.78, 5) is 31.6. The van der Waals surface area contributed by atoms with Crippen molar-refractivity contribution in [2.75, 3.05) is 39.1 Å². The van der Waals surface area contributed by atoms with E-state index in [1.807, 2.05) is 24.4 Å². The third-order valence-corrected chi connectivity index (χ3v) is 5.91. The summed E-state index contributed by atoms with van der Waals surface area (Å²) >= 11 is 0. The van der Waals surface area contributed by atoms with Crippen molar-refractivity contribution in [3.8, 4) is 0 Å². The summed E-state index contributed by atoms with van der Waals surface area (Å²) in [7, 11) is 3.55. The van der Waals surface area contributed by atoms with Crippen molar-refractivity contribution in [2.45, 2.75) is 32.6 Å². The molecule has 0 saturated carbocycles. The molecule has 34 heavy (non-hydrogen) atoms. The van der Waals surface area contributed by atoms with Crippen LogP contribution in [0.15, 0.2) is 42.7 Å². The summed E-state index contributed by atoms with van der Waals surface area (Å²) in [6, 6.07) is 9.44. The van der Waals surface area contributed by atoms with Crippen LogP contribution in [0.2, 0.25) is 0 Å². The number of rotatable bonds is 11. The molecule has 3 heterocycles. The van der Waals surface area contributed by atoms with Gasteiger partial charge in [0.2, 0.25) is 0 Å². The zero-order valence-electron chi connectivity index (χ0n) is 20.1. The predicted octanol–water partition coefficient (Wildman–Crippen LogP) is 4.42. The Morgan fingerprint density at radius 3 is 2.79 bits per heavy atom. The first kappa shape index (κ1) is 23.6. The van der Waals surface area contributed by atoms with Crippen LogP contribution >= 0.6 is 0 Å². The van der Waals surface area contributed by atoms with E-state index in [2.05, 4.69) is 34.2 Å². The molecule has 0 aliphatic rings. The van der Waals surface area contributed by atoms with Crippen molar-refractivity contribution in [1.29, 1.82) is 0 Å². The van der Waals surface area contributed by atoms with Crippen molar-refractivity contribution in [3.63, 3.8) is 0 Å². The predicted molar refractivity (Wildman–Crippen MR) is 135 cm³/mol. The molecule has 8 nitrogen and oxygen atoms in total. The molecule has 0 amide bonds. The number of fused-ring (bicyclic) bond motifs is 3. The monoisotopic (exact) mass is 460 g/mol. The Morgan fingerprint density at radius 1 is 1.18 bits per heavy atom. The number of aromatic amines is 1. The van der Waals surface area contributed by atoms with Gasteiger partial charge in [-0.1, -0.05) is 25.5 Å². The molecule has 0 aliphatic carbocycles. The Kier molecular flexibility index (Phi) is 7.69. The molecule has 1 aromatic carbocycles. The van der Waals surface area contributed by atoms with E-state index in [0.29, 0.717) is 17.8 Å². The normalized spacial score (nSPS) is 11.4. The number of carbonyl (C=O) groups excluding carboxylic acids is 1. The van der Waals surface area contributed by atoms with Crippen LogP contribution in [0.3, 0.4) is 0 Å². The lowest BCUT2D eigenvalue weighted by atomic mass is 10.1. The second kappa shape index (κ2) is 11.1. The zero-order chi connectivity index (χ0) is 23.9. The minimum absolute atomic E-state index is 0.366. The van der Waals surface area contributed by atoms with E-state index < -0.39 is 0 Å². The molecule has 0 bridgehead atoms. The average Bonchev–Trinajstić information content (AvgIpc) is 3.23. The van der Waals surface area contributed by atoms with Gasteiger partial charge in [-0.05, 0) is 56.7 Å². The minimum atomic E-state index is -0.366. The highest BCUT2D eigenvalue weighted by Gasteiger charge is 2.16. The van der Waals surface area contributed by atoms with Crippen molar-refractivity contribution in [3.05, 3.63) is 59.7 Å². The number of nitrogens with one attached hydrogen (secondary N) is 2. The number of methoxy groups -OCH3 is 1. The van der Waals surface area contributed by atoms with Gasteiger partial charge in [0.25, 0.3) is 0 Å². The van der Waals surface area contributed by atoms with E-state index in [0.717, 1.165) is 59.4 Å². The Bertz CT molecular complexity index is 1250. The van der Waals surface area contributed by atoms with E-state index >= 15 is 0 Å². The molecule has 0 radical (unpaired) electrons. The fraction of sp³-hybridized carbons (Fsp3) is 0.385. The quantitative estimate of drug-likeness (QED) is 0.253. The highest BCUT2D eigenvalue weighted by molar-refractivity contribution is 6.12. The number of hydrogen-bond acceptors (Lipinski definition) is 7. The number of H-pyrrole nitrogens is 1. The molecule has 2 N–H and O–H groups in total. The lowest BCUT2D eigenvalue weighted by Gasteiger charge is -2.16. The molecule has 3 aromatic heterocycles. The van der Waals surface area contributed by atoms with E-state index in [-0.39, 0.29) is 5.97 Å². The molecule has 8 heteroatoms. The molecule has 4 rings (SSSR count). The number of aromatic nitrogens is 4. The summed E-state index contributed by atoms with van der Waals surface area (Å²) < 4.78 is 4.87. The number of carbonyl (C=O) groups is 1. The first-order valence-electron chi connectivity index (χ1n) is 11.8. The molecular weight excluding hydrogens is 428 g/mol. The molecule has 0 atom stereocenters. The van der Waals surface area contributed by atoms with Crippen LogP contribution in [0, 0.1) is 0 Å². The molecule has 178 valence electrons. The first-order valence-corrected chi connectivity index (χ1v) is 11.8. The van der Waals surface area contributed by atoms with Crippen molar-refractivity contribution >= 4 is 33.7 Å². The number of benzene rings is 1. The van der Waals surface area contributed by atoms with E-state index in [4.69, 9.17) is 14.7 Å². The van der Waals surface area contributed by atoms with Crippen molar-refractivity contribution in [1.82, 2.24) is 24.8 Å².